The molecule has 0 aliphatic carbocycles. The number of carbonyl (C=O) groups is 3. The number of carbonyl (C=O) groups excluding carboxylic acids is 3. The molecular formula is C20H23N3O3S. The number of Topliss-reactive ketones (excluding diaryl/α,β-unsaturated/α-hetero) is 1. The molecule has 2 aromatic rings. The molecule has 0 saturated carbocycles. The molecule has 142 valence electrons. The van der Waals surface area contributed by atoms with Crippen molar-refractivity contribution in [2.24, 2.45) is 5.92 Å². The maximum absolute atomic E-state index is 12.7. The highest BCUT2D eigenvalue weighted by molar-refractivity contribution is 7.18. The summed E-state index contributed by atoms with van der Waals surface area (Å²) in [5.41, 5.74) is 1.44. The van der Waals surface area contributed by atoms with Crippen LogP contribution in [0.3, 0.4) is 0 Å². The van der Waals surface area contributed by atoms with Gasteiger partial charge in [0.25, 0.3) is 0 Å². The van der Waals surface area contributed by atoms with Gasteiger partial charge in [0.15, 0.2) is 10.9 Å². The third-order valence-corrected chi connectivity index (χ3v) is 5.74. The Morgan fingerprint density at radius 3 is 2.67 bits per heavy atom. The molecule has 0 unspecified atom stereocenters. The number of amides is 2. The lowest BCUT2D eigenvalue weighted by Gasteiger charge is -2.31. The van der Waals surface area contributed by atoms with Gasteiger partial charge >= 0.3 is 0 Å². The fourth-order valence-corrected chi connectivity index (χ4v) is 4.14. The Bertz CT molecular complexity index is 847. The number of piperidine rings is 1. The summed E-state index contributed by atoms with van der Waals surface area (Å²) < 4.78 is 0. The van der Waals surface area contributed by atoms with E-state index >= 15 is 0 Å². The van der Waals surface area contributed by atoms with E-state index in [2.05, 4.69) is 10.3 Å². The molecule has 1 atom stereocenters. The van der Waals surface area contributed by atoms with Crippen molar-refractivity contribution < 1.29 is 14.4 Å². The van der Waals surface area contributed by atoms with Crippen LogP contribution in [0.25, 0.3) is 11.3 Å². The molecule has 7 heteroatoms. The average molecular weight is 385 g/mol. The third-order valence-electron chi connectivity index (χ3n) is 4.67. The Kier molecular flexibility index (Phi) is 6.01. The van der Waals surface area contributed by atoms with E-state index in [4.69, 9.17) is 0 Å². The van der Waals surface area contributed by atoms with Gasteiger partial charge in [-0.2, -0.15) is 0 Å². The highest BCUT2D eigenvalue weighted by Crippen LogP contribution is 2.32. The molecule has 2 heterocycles. The predicted octanol–water partition coefficient (Wildman–Crippen LogP) is 3.60. The molecule has 3 rings (SSSR count). The summed E-state index contributed by atoms with van der Waals surface area (Å²) in [5.74, 6) is -0.401. The summed E-state index contributed by atoms with van der Waals surface area (Å²) in [4.78, 5) is 43.4. The van der Waals surface area contributed by atoms with Crippen molar-refractivity contribution >= 4 is 34.1 Å². The van der Waals surface area contributed by atoms with Crippen molar-refractivity contribution in [3.8, 4) is 11.3 Å². The second-order valence-corrected chi connectivity index (χ2v) is 7.64. The number of thiazole rings is 1. The van der Waals surface area contributed by atoms with Crippen molar-refractivity contribution in [2.45, 2.75) is 33.1 Å². The van der Waals surface area contributed by atoms with Crippen LogP contribution in [-0.4, -0.2) is 40.6 Å². The van der Waals surface area contributed by atoms with E-state index in [9.17, 15) is 14.4 Å². The molecule has 6 nitrogen and oxygen atoms in total. The van der Waals surface area contributed by atoms with Gasteiger partial charge < -0.3 is 10.2 Å². The molecule has 1 aromatic heterocycles. The molecule has 1 N–H and O–H groups in total. The van der Waals surface area contributed by atoms with E-state index in [1.54, 1.807) is 4.90 Å². The van der Waals surface area contributed by atoms with E-state index in [-0.39, 0.29) is 23.5 Å². The zero-order valence-electron chi connectivity index (χ0n) is 15.5. The van der Waals surface area contributed by atoms with Crippen LogP contribution in [0.4, 0.5) is 5.13 Å². The molecule has 1 aliphatic rings. The summed E-state index contributed by atoms with van der Waals surface area (Å²) in [6.45, 7) is 4.48. The van der Waals surface area contributed by atoms with Crippen LogP contribution in [0, 0.1) is 5.92 Å². The monoisotopic (exact) mass is 385 g/mol. The normalized spacial score (nSPS) is 16.8. The van der Waals surface area contributed by atoms with Crippen LogP contribution in [0.2, 0.25) is 0 Å². The van der Waals surface area contributed by atoms with Crippen LogP contribution < -0.4 is 5.32 Å². The largest absolute Gasteiger partial charge is 0.342 e. The molecule has 1 aliphatic heterocycles. The first-order chi connectivity index (χ1) is 13.0. The Morgan fingerprint density at radius 1 is 1.26 bits per heavy atom. The minimum atomic E-state index is -0.251. The van der Waals surface area contributed by atoms with Gasteiger partial charge in [-0.1, -0.05) is 48.6 Å². The number of nitrogens with one attached hydrogen (secondary N) is 1. The van der Waals surface area contributed by atoms with Crippen LogP contribution >= 0.6 is 11.3 Å². The molecule has 27 heavy (non-hydrogen) atoms. The highest BCUT2D eigenvalue weighted by Gasteiger charge is 2.28. The molecule has 0 radical (unpaired) electrons. The molecular weight excluding hydrogens is 362 g/mol. The Hall–Kier alpha value is -2.54. The maximum Gasteiger partial charge on any atom is 0.231 e. The van der Waals surface area contributed by atoms with Gasteiger partial charge in [-0.15, -0.1) is 0 Å². The average Bonchev–Trinajstić information content (AvgIpc) is 3.12. The van der Waals surface area contributed by atoms with Crippen molar-refractivity contribution in [2.75, 3.05) is 18.4 Å². The first kappa shape index (κ1) is 19.2. The molecule has 1 saturated heterocycles. The quantitative estimate of drug-likeness (QED) is 0.798. The van der Waals surface area contributed by atoms with Crippen LogP contribution in [0.15, 0.2) is 30.3 Å². The van der Waals surface area contributed by atoms with Crippen molar-refractivity contribution in [3.05, 3.63) is 35.2 Å². The fraction of sp³-hybridized carbons (Fsp3) is 0.400. The number of ketones is 1. The number of aromatic nitrogens is 1. The van der Waals surface area contributed by atoms with Crippen LogP contribution in [0.1, 0.15) is 42.8 Å². The number of benzene rings is 1. The smallest absolute Gasteiger partial charge is 0.231 e. The van der Waals surface area contributed by atoms with Gasteiger partial charge in [0.1, 0.15) is 0 Å². The van der Waals surface area contributed by atoms with Crippen molar-refractivity contribution in [1.29, 1.82) is 0 Å². The number of hydrogen-bond acceptors (Lipinski definition) is 5. The second kappa shape index (κ2) is 8.43. The van der Waals surface area contributed by atoms with E-state index in [0.29, 0.717) is 35.2 Å². The Morgan fingerprint density at radius 2 is 2.00 bits per heavy atom. The van der Waals surface area contributed by atoms with Gasteiger partial charge in [0.05, 0.1) is 16.5 Å². The number of likely N-dealkylation sites (tertiary alicyclic amines) is 1. The third kappa shape index (κ3) is 4.42. The fourth-order valence-electron chi connectivity index (χ4n) is 3.25. The molecule has 0 spiro atoms. The number of rotatable bonds is 5. The summed E-state index contributed by atoms with van der Waals surface area (Å²) in [6.07, 6.45) is 2.01. The minimum Gasteiger partial charge on any atom is -0.342 e. The van der Waals surface area contributed by atoms with E-state index in [0.717, 1.165) is 18.4 Å². The van der Waals surface area contributed by atoms with E-state index in [1.165, 1.54) is 18.3 Å². The minimum absolute atomic E-state index is 0.0759. The van der Waals surface area contributed by atoms with Gasteiger partial charge in [-0.3, -0.25) is 14.4 Å². The summed E-state index contributed by atoms with van der Waals surface area (Å²) in [7, 11) is 0. The summed E-state index contributed by atoms with van der Waals surface area (Å²) in [5, 5.41) is 3.27. The number of anilines is 1. The lowest BCUT2D eigenvalue weighted by molar-refractivity contribution is -0.134. The van der Waals surface area contributed by atoms with Crippen LogP contribution in [-0.2, 0) is 9.59 Å². The molecule has 2 amide bonds. The van der Waals surface area contributed by atoms with Crippen molar-refractivity contribution in [3.63, 3.8) is 0 Å². The number of hydrogen-bond donors (Lipinski definition) is 1. The van der Waals surface area contributed by atoms with E-state index < -0.39 is 0 Å². The first-order valence-electron chi connectivity index (χ1n) is 9.15. The topological polar surface area (TPSA) is 79.4 Å². The van der Waals surface area contributed by atoms with Gasteiger partial charge in [0, 0.05) is 32.0 Å². The van der Waals surface area contributed by atoms with E-state index in [1.807, 2.05) is 37.3 Å². The number of nitrogens with zero attached hydrogens (tertiary/aromatic N) is 2. The lowest BCUT2D eigenvalue weighted by atomic mass is 9.97. The molecule has 1 fully saturated rings. The lowest BCUT2D eigenvalue weighted by Crippen LogP contribution is -2.43. The van der Waals surface area contributed by atoms with Gasteiger partial charge in [-0.05, 0) is 12.8 Å². The van der Waals surface area contributed by atoms with Gasteiger partial charge in [0.2, 0.25) is 11.8 Å². The Balaban J connectivity index is 1.76. The standard InChI is InChI=1S/C20H23N3O3S/c1-3-16(25)23-11-7-10-15(12-23)19(26)22-20-21-17(18(27-20)13(2)24)14-8-5-4-6-9-14/h4-6,8-9,15H,3,7,10-12H2,1-2H3,(H,21,22,26)/t15-/m0/s1. The maximum atomic E-state index is 12.7. The predicted molar refractivity (Wildman–Crippen MR) is 106 cm³/mol. The summed E-state index contributed by atoms with van der Waals surface area (Å²) >= 11 is 1.19. The Labute approximate surface area is 162 Å². The zero-order valence-corrected chi connectivity index (χ0v) is 16.3. The van der Waals surface area contributed by atoms with Crippen LogP contribution in [0.5, 0.6) is 0 Å². The highest BCUT2D eigenvalue weighted by atomic mass is 32.1. The first-order valence-corrected chi connectivity index (χ1v) is 9.97. The molecule has 0 bridgehead atoms. The summed E-state index contributed by atoms with van der Waals surface area (Å²) in [6, 6.07) is 9.46. The zero-order chi connectivity index (χ0) is 19.4. The molecule has 1 aromatic carbocycles. The van der Waals surface area contributed by atoms with Gasteiger partial charge in [-0.25, -0.2) is 4.98 Å². The second-order valence-electron chi connectivity index (χ2n) is 6.64. The SMILES string of the molecule is CCC(=O)N1CCC[C@H](C(=O)Nc2nc(-c3ccccc3)c(C(C)=O)s2)C1. The van der Waals surface area contributed by atoms with Crippen molar-refractivity contribution in [1.82, 2.24) is 9.88 Å².